The van der Waals surface area contributed by atoms with E-state index in [-0.39, 0.29) is 0 Å². The van der Waals surface area contributed by atoms with Crippen LogP contribution in [0.2, 0.25) is 5.02 Å². The molecule has 0 spiro atoms. The van der Waals surface area contributed by atoms with Gasteiger partial charge in [0.2, 0.25) is 0 Å². The zero-order valence-corrected chi connectivity index (χ0v) is 9.46. The maximum absolute atomic E-state index is 5.99. The monoisotopic (exact) mass is 233 g/mol. The Hall–Kier alpha value is -1.48. The Bertz CT molecular complexity index is 549. The predicted molar refractivity (Wildman–Crippen MR) is 67.8 cm³/mol. The van der Waals surface area contributed by atoms with E-state index in [1.165, 1.54) is 12.8 Å². The minimum absolute atomic E-state index is 0.579. The summed E-state index contributed by atoms with van der Waals surface area (Å²) in [7, 11) is 0. The molecule has 3 N–H and O–H groups in total. The summed E-state index contributed by atoms with van der Waals surface area (Å²) in [5, 5.41) is 5.99. The van der Waals surface area contributed by atoms with Crippen molar-refractivity contribution >= 4 is 33.9 Å². The molecule has 1 aromatic carbocycles. The summed E-state index contributed by atoms with van der Waals surface area (Å²) in [6, 6.07) is 6.26. The molecule has 0 radical (unpaired) electrons. The first kappa shape index (κ1) is 9.73. The quantitative estimate of drug-likeness (QED) is 0.784. The second kappa shape index (κ2) is 3.52. The van der Waals surface area contributed by atoms with E-state index in [9.17, 15) is 0 Å². The first-order valence-corrected chi connectivity index (χ1v) is 5.73. The number of nitrogens with one attached hydrogen (secondary N) is 1. The van der Waals surface area contributed by atoms with E-state index in [0.29, 0.717) is 16.8 Å². The molecule has 3 nitrogen and oxygen atoms in total. The number of nitrogens with zero attached hydrogens (tertiary/aromatic N) is 1. The molecular formula is C12H12ClN3. The number of nitrogen functional groups attached to an aromatic ring is 1. The van der Waals surface area contributed by atoms with Gasteiger partial charge >= 0.3 is 0 Å². The summed E-state index contributed by atoms with van der Waals surface area (Å²) in [5.41, 5.74) is 6.57. The van der Waals surface area contributed by atoms with E-state index in [1.54, 1.807) is 6.20 Å². The SMILES string of the molecule is Nc1c(Cl)ccc2c(NC3CC3)nccc12. The molecule has 1 aromatic heterocycles. The van der Waals surface area contributed by atoms with E-state index in [2.05, 4.69) is 10.3 Å². The number of pyridine rings is 1. The third-order valence-electron chi connectivity index (χ3n) is 2.85. The zero-order chi connectivity index (χ0) is 11.1. The number of fused-ring (bicyclic) bond motifs is 1. The highest BCUT2D eigenvalue weighted by Crippen LogP contribution is 2.33. The van der Waals surface area contributed by atoms with Crippen LogP contribution in [-0.2, 0) is 0 Å². The number of halogens is 1. The Morgan fingerprint density at radius 2 is 2.06 bits per heavy atom. The van der Waals surface area contributed by atoms with Gasteiger partial charge in [-0.05, 0) is 31.0 Å². The molecular weight excluding hydrogens is 222 g/mol. The number of anilines is 2. The van der Waals surface area contributed by atoms with Gasteiger partial charge in [-0.1, -0.05) is 11.6 Å². The van der Waals surface area contributed by atoms with Gasteiger partial charge in [-0.3, -0.25) is 0 Å². The van der Waals surface area contributed by atoms with E-state index in [1.807, 2.05) is 18.2 Å². The maximum Gasteiger partial charge on any atom is 0.134 e. The number of hydrogen-bond donors (Lipinski definition) is 2. The third-order valence-corrected chi connectivity index (χ3v) is 3.18. The first-order chi connectivity index (χ1) is 7.75. The molecule has 0 bridgehead atoms. The molecule has 0 atom stereocenters. The van der Waals surface area contributed by atoms with Crippen LogP contribution in [0.3, 0.4) is 0 Å². The molecule has 82 valence electrons. The zero-order valence-electron chi connectivity index (χ0n) is 8.70. The Labute approximate surface area is 98.6 Å². The van der Waals surface area contributed by atoms with Crippen LogP contribution in [0.25, 0.3) is 10.8 Å². The topological polar surface area (TPSA) is 50.9 Å². The lowest BCUT2D eigenvalue weighted by molar-refractivity contribution is 1.12. The number of benzene rings is 1. The normalized spacial score (nSPS) is 15.3. The molecule has 0 saturated heterocycles. The highest BCUT2D eigenvalue weighted by molar-refractivity contribution is 6.34. The second-order valence-corrected chi connectivity index (χ2v) is 4.54. The van der Waals surface area contributed by atoms with Gasteiger partial charge in [0.05, 0.1) is 10.7 Å². The minimum Gasteiger partial charge on any atom is -0.397 e. The average Bonchev–Trinajstić information content (AvgIpc) is 3.08. The molecule has 3 rings (SSSR count). The fraction of sp³-hybridized carbons (Fsp3) is 0.250. The molecule has 1 fully saturated rings. The van der Waals surface area contributed by atoms with Gasteiger partial charge in [0.15, 0.2) is 0 Å². The van der Waals surface area contributed by atoms with Crippen molar-refractivity contribution in [1.29, 1.82) is 0 Å². The van der Waals surface area contributed by atoms with Gasteiger partial charge in [0.25, 0.3) is 0 Å². The number of nitrogens with two attached hydrogens (primary N) is 1. The molecule has 1 heterocycles. The molecule has 16 heavy (non-hydrogen) atoms. The molecule has 4 heteroatoms. The smallest absolute Gasteiger partial charge is 0.134 e. The van der Waals surface area contributed by atoms with Crippen LogP contribution in [0, 0.1) is 0 Å². The van der Waals surface area contributed by atoms with Gasteiger partial charge in [0, 0.05) is 23.0 Å². The Morgan fingerprint density at radius 1 is 1.25 bits per heavy atom. The highest BCUT2D eigenvalue weighted by atomic mass is 35.5. The maximum atomic E-state index is 5.99. The van der Waals surface area contributed by atoms with Crippen LogP contribution in [0.4, 0.5) is 11.5 Å². The van der Waals surface area contributed by atoms with Crippen molar-refractivity contribution in [2.24, 2.45) is 0 Å². The number of rotatable bonds is 2. The van der Waals surface area contributed by atoms with Crippen molar-refractivity contribution in [2.45, 2.75) is 18.9 Å². The lowest BCUT2D eigenvalue weighted by Gasteiger charge is -2.09. The van der Waals surface area contributed by atoms with Crippen LogP contribution >= 0.6 is 11.6 Å². The standard InChI is InChI=1S/C12H12ClN3/c13-10-4-3-9-8(11(10)14)5-6-15-12(9)16-7-1-2-7/h3-7H,1-2,14H2,(H,15,16). The van der Waals surface area contributed by atoms with Crippen molar-refractivity contribution in [2.75, 3.05) is 11.1 Å². The van der Waals surface area contributed by atoms with Gasteiger partial charge < -0.3 is 11.1 Å². The van der Waals surface area contributed by atoms with Crippen LogP contribution in [0.15, 0.2) is 24.4 Å². The number of aromatic nitrogens is 1. The Kier molecular flexibility index (Phi) is 2.14. The molecule has 0 amide bonds. The Morgan fingerprint density at radius 3 is 2.81 bits per heavy atom. The first-order valence-electron chi connectivity index (χ1n) is 5.35. The van der Waals surface area contributed by atoms with Crippen molar-refractivity contribution < 1.29 is 0 Å². The molecule has 1 aliphatic carbocycles. The van der Waals surface area contributed by atoms with Gasteiger partial charge in [0.1, 0.15) is 5.82 Å². The fourth-order valence-electron chi connectivity index (χ4n) is 1.79. The van der Waals surface area contributed by atoms with Crippen LogP contribution in [0.5, 0.6) is 0 Å². The van der Waals surface area contributed by atoms with Crippen LogP contribution < -0.4 is 11.1 Å². The second-order valence-electron chi connectivity index (χ2n) is 4.13. The highest BCUT2D eigenvalue weighted by Gasteiger charge is 2.22. The molecule has 1 aliphatic rings. The van der Waals surface area contributed by atoms with Crippen molar-refractivity contribution in [3.05, 3.63) is 29.4 Å². The van der Waals surface area contributed by atoms with Gasteiger partial charge in [-0.15, -0.1) is 0 Å². The lowest BCUT2D eigenvalue weighted by atomic mass is 10.1. The molecule has 1 saturated carbocycles. The van der Waals surface area contributed by atoms with Crippen molar-refractivity contribution in [3.63, 3.8) is 0 Å². The average molecular weight is 234 g/mol. The summed E-state index contributed by atoms with van der Waals surface area (Å²) >= 11 is 5.99. The van der Waals surface area contributed by atoms with Crippen molar-refractivity contribution in [3.8, 4) is 0 Å². The van der Waals surface area contributed by atoms with Gasteiger partial charge in [-0.25, -0.2) is 4.98 Å². The van der Waals surface area contributed by atoms with Crippen LogP contribution in [-0.4, -0.2) is 11.0 Å². The van der Waals surface area contributed by atoms with Crippen molar-refractivity contribution in [1.82, 2.24) is 4.98 Å². The lowest BCUT2D eigenvalue weighted by Crippen LogP contribution is -2.03. The summed E-state index contributed by atoms with van der Waals surface area (Å²) < 4.78 is 0. The molecule has 0 unspecified atom stereocenters. The summed E-state index contributed by atoms with van der Waals surface area (Å²) in [6.45, 7) is 0. The van der Waals surface area contributed by atoms with E-state index >= 15 is 0 Å². The summed E-state index contributed by atoms with van der Waals surface area (Å²) in [6.07, 6.45) is 4.21. The Balaban J connectivity index is 2.18. The summed E-state index contributed by atoms with van der Waals surface area (Å²) in [5.74, 6) is 0.906. The minimum atomic E-state index is 0.579. The van der Waals surface area contributed by atoms with E-state index in [0.717, 1.165) is 16.6 Å². The van der Waals surface area contributed by atoms with Gasteiger partial charge in [-0.2, -0.15) is 0 Å². The summed E-state index contributed by atoms with van der Waals surface area (Å²) in [4.78, 5) is 4.35. The molecule has 2 aromatic rings. The van der Waals surface area contributed by atoms with Crippen LogP contribution in [0.1, 0.15) is 12.8 Å². The number of hydrogen-bond acceptors (Lipinski definition) is 3. The van der Waals surface area contributed by atoms with E-state index in [4.69, 9.17) is 17.3 Å². The molecule has 0 aliphatic heterocycles. The van der Waals surface area contributed by atoms with E-state index < -0.39 is 0 Å². The fourth-order valence-corrected chi connectivity index (χ4v) is 1.95. The third kappa shape index (κ3) is 1.57. The predicted octanol–water partition coefficient (Wildman–Crippen LogP) is 3.04. The largest absolute Gasteiger partial charge is 0.397 e.